The van der Waals surface area contributed by atoms with Gasteiger partial charge >= 0.3 is 11.8 Å². The van der Waals surface area contributed by atoms with Crippen LogP contribution in [0.3, 0.4) is 0 Å². The second kappa shape index (κ2) is 7.05. The zero-order chi connectivity index (χ0) is 17.8. The summed E-state index contributed by atoms with van der Waals surface area (Å²) in [6.07, 6.45) is 0. The maximum absolute atomic E-state index is 12.1. The zero-order valence-electron chi connectivity index (χ0n) is 13.7. The van der Waals surface area contributed by atoms with E-state index in [2.05, 4.69) is 10.6 Å². The van der Waals surface area contributed by atoms with E-state index in [-0.39, 0.29) is 12.3 Å². The molecule has 0 aromatic heterocycles. The number of nitrogens with one attached hydrogen (secondary N) is 2. The third-order valence-corrected chi connectivity index (χ3v) is 3.93. The number of rotatable bonds is 3. The first-order chi connectivity index (χ1) is 12.0. The van der Waals surface area contributed by atoms with Gasteiger partial charge in [-0.1, -0.05) is 54.1 Å². The van der Waals surface area contributed by atoms with Gasteiger partial charge in [-0.2, -0.15) is 0 Å². The van der Waals surface area contributed by atoms with E-state index < -0.39 is 11.8 Å². The van der Waals surface area contributed by atoms with Crippen molar-refractivity contribution in [1.82, 2.24) is 5.32 Å². The summed E-state index contributed by atoms with van der Waals surface area (Å²) in [6.45, 7) is 2.26. The minimum atomic E-state index is -0.747. The standard InChI is InChI=1S/C20H18N2O3/c1-13-8-10-14(11-9-13)12-21-19(24)20(25)22-17-6-2-5-16-15(17)4-3-7-18(16)23/h2-11,23H,12H2,1H3,(H,21,24)(H,22,25). The number of phenols is 1. The smallest absolute Gasteiger partial charge is 0.313 e. The van der Waals surface area contributed by atoms with Gasteiger partial charge < -0.3 is 15.7 Å². The Kier molecular flexibility index (Phi) is 4.66. The first kappa shape index (κ1) is 16.5. The Labute approximate surface area is 145 Å². The van der Waals surface area contributed by atoms with Crippen LogP contribution in [0.4, 0.5) is 5.69 Å². The molecule has 5 heteroatoms. The van der Waals surface area contributed by atoms with Crippen LogP contribution >= 0.6 is 0 Å². The van der Waals surface area contributed by atoms with Gasteiger partial charge in [0.1, 0.15) is 5.75 Å². The summed E-state index contributed by atoms with van der Waals surface area (Å²) in [7, 11) is 0. The average Bonchev–Trinajstić information content (AvgIpc) is 2.62. The van der Waals surface area contributed by atoms with Gasteiger partial charge in [-0.15, -0.1) is 0 Å². The second-order valence-corrected chi connectivity index (χ2v) is 5.80. The molecule has 0 bridgehead atoms. The van der Waals surface area contributed by atoms with Crippen molar-refractivity contribution in [3.8, 4) is 5.75 Å². The van der Waals surface area contributed by atoms with Gasteiger partial charge in [-0.3, -0.25) is 9.59 Å². The van der Waals surface area contributed by atoms with Gasteiger partial charge in [-0.25, -0.2) is 0 Å². The normalized spacial score (nSPS) is 10.4. The van der Waals surface area contributed by atoms with Crippen LogP contribution in [0, 0.1) is 6.92 Å². The highest BCUT2D eigenvalue weighted by Gasteiger charge is 2.15. The molecular formula is C20H18N2O3. The zero-order valence-corrected chi connectivity index (χ0v) is 13.7. The highest BCUT2D eigenvalue weighted by atomic mass is 16.3. The number of anilines is 1. The molecule has 3 rings (SSSR count). The predicted octanol–water partition coefficient (Wildman–Crippen LogP) is 3.11. The van der Waals surface area contributed by atoms with E-state index >= 15 is 0 Å². The van der Waals surface area contributed by atoms with E-state index in [1.54, 1.807) is 36.4 Å². The van der Waals surface area contributed by atoms with Crippen molar-refractivity contribution in [3.63, 3.8) is 0 Å². The lowest BCUT2D eigenvalue weighted by Crippen LogP contribution is -2.35. The van der Waals surface area contributed by atoms with Gasteiger partial charge in [0.25, 0.3) is 0 Å². The molecule has 25 heavy (non-hydrogen) atoms. The van der Waals surface area contributed by atoms with Crippen LogP contribution in [0.2, 0.25) is 0 Å². The van der Waals surface area contributed by atoms with Gasteiger partial charge in [0.05, 0.1) is 0 Å². The lowest BCUT2D eigenvalue weighted by atomic mass is 10.1. The molecule has 0 aliphatic carbocycles. The van der Waals surface area contributed by atoms with E-state index in [1.165, 1.54) is 0 Å². The predicted molar refractivity (Wildman–Crippen MR) is 97.3 cm³/mol. The number of benzene rings is 3. The summed E-state index contributed by atoms with van der Waals surface area (Å²) in [6, 6.07) is 17.9. The minimum absolute atomic E-state index is 0.123. The van der Waals surface area contributed by atoms with Crippen molar-refractivity contribution in [3.05, 3.63) is 71.8 Å². The fraction of sp³-hybridized carbons (Fsp3) is 0.100. The number of amides is 2. The number of aromatic hydroxyl groups is 1. The molecule has 0 aliphatic rings. The fourth-order valence-electron chi connectivity index (χ4n) is 2.55. The number of hydrogen-bond donors (Lipinski definition) is 3. The van der Waals surface area contributed by atoms with Crippen LogP contribution in [-0.2, 0) is 16.1 Å². The molecule has 0 saturated heterocycles. The Balaban J connectivity index is 1.68. The topological polar surface area (TPSA) is 78.4 Å². The number of carbonyl (C=O) groups excluding carboxylic acids is 2. The molecule has 5 nitrogen and oxygen atoms in total. The van der Waals surface area contributed by atoms with Gasteiger partial charge in [-0.05, 0) is 24.6 Å². The Morgan fingerprint density at radius 1 is 0.880 bits per heavy atom. The Morgan fingerprint density at radius 3 is 2.32 bits per heavy atom. The van der Waals surface area contributed by atoms with Crippen molar-refractivity contribution in [1.29, 1.82) is 0 Å². The maximum Gasteiger partial charge on any atom is 0.313 e. The second-order valence-electron chi connectivity index (χ2n) is 5.80. The van der Waals surface area contributed by atoms with Crippen molar-refractivity contribution in [2.45, 2.75) is 13.5 Å². The molecule has 0 heterocycles. The molecule has 3 aromatic rings. The summed E-state index contributed by atoms with van der Waals surface area (Å²) >= 11 is 0. The first-order valence-electron chi connectivity index (χ1n) is 7.90. The highest BCUT2D eigenvalue weighted by molar-refractivity contribution is 6.40. The summed E-state index contributed by atoms with van der Waals surface area (Å²) in [4.78, 5) is 24.1. The molecular weight excluding hydrogens is 316 g/mol. The largest absolute Gasteiger partial charge is 0.507 e. The van der Waals surface area contributed by atoms with E-state index in [0.29, 0.717) is 16.5 Å². The Bertz CT molecular complexity index is 933. The molecule has 0 saturated carbocycles. The highest BCUT2D eigenvalue weighted by Crippen LogP contribution is 2.29. The third-order valence-electron chi connectivity index (χ3n) is 3.93. The van der Waals surface area contributed by atoms with E-state index in [1.807, 2.05) is 31.2 Å². The first-order valence-corrected chi connectivity index (χ1v) is 7.90. The summed E-state index contributed by atoms with van der Waals surface area (Å²) < 4.78 is 0. The number of aryl methyl sites for hydroxylation is 1. The van der Waals surface area contributed by atoms with Crippen LogP contribution in [0.15, 0.2) is 60.7 Å². The van der Waals surface area contributed by atoms with Crippen molar-refractivity contribution < 1.29 is 14.7 Å². The summed E-state index contributed by atoms with van der Waals surface area (Å²) in [5, 5.41) is 16.3. The molecule has 0 unspecified atom stereocenters. The molecule has 0 spiro atoms. The van der Waals surface area contributed by atoms with E-state index in [0.717, 1.165) is 11.1 Å². The number of fused-ring (bicyclic) bond motifs is 1. The number of hydrogen-bond acceptors (Lipinski definition) is 3. The average molecular weight is 334 g/mol. The summed E-state index contributed by atoms with van der Waals surface area (Å²) in [5.41, 5.74) is 2.53. The monoisotopic (exact) mass is 334 g/mol. The van der Waals surface area contributed by atoms with Crippen LogP contribution in [-0.4, -0.2) is 16.9 Å². The molecule has 0 fully saturated rings. The lowest BCUT2D eigenvalue weighted by Gasteiger charge is -2.10. The van der Waals surface area contributed by atoms with Gasteiger partial charge in [0, 0.05) is 23.0 Å². The minimum Gasteiger partial charge on any atom is -0.507 e. The summed E-state index contributed by atoms with van der Waals surface area (Å²) in [5.74, 6) is -1.34. The molecule has 2 amide bonds. The lowest BCUT2D eigenvalue weighted by molar-refractivity contribution is -0.136. The Morgan fingerprint density at radius 2 is 1.56 bits per heavy atom. The van der Waals surface area contributed by atoms with Crippen LogP contribution in [0.5, 0.6) is 5.75 Å². The quantitative estimate of drug-likeness (QED) is 0.644. The van der Waals surface area contributed by atoms with Crippen molar-refractivity contribution in [2.75, 3.05) is 5.32 Å². The van der Waals surface area contributed by atoms with Gasteiger partial charge in [0.2, 0.25) is 0 Å². The fourth-order valence-corrected chi connectivity index (χ4v) is 2.55. The van der Waals surface area contributed by atoms with Crippen LogP contribution < -0.4 is 10.6 Å². The molecule has 0 radical (unpaired) electrons. The molecule has 3 N–H and O–H groups in total. The van der Waals surface area contributed by atoms with Crippen molar-refractivity contribution >= 4 is 28.3 Å². The maximum atomic E-state index is 12.1. The SMILES string of the molecule is Cc1ccc(CNC(=O)C(=O)Nc2cccc3c(O)cccc23)cc1. The molecule has 0 aliphatic heterocycles. The van der Waals surface area contributed by atoms with Gasteiger partial charge in [0.15, 0.2) is 0 Å². The van der Waals surface area contributed by atoms with Crippen molar-refractivity contribution in [2.24, 2.45) is 0 Å². The molecule has 0 atom stereocenters. The van der Waals surface area contributed by atoms with Crippen LogP contribution in [0.1, 0.15) is 11.1 Å². The molecule has 3 aromatic carbocycles. The third kappa shape index (κ3) is 3.77. The number of carbonyl (C=O) groups is 2. The number of phenolic OH excluding ortho intramolecular Hbond substituents is 1. The molecule has 126 valence electrons. The van der Waals surface area contributed by atoms with E-state index in [9.17, 15) is 14.7 Å². The van der Waals surface area contributed by atoms with Crippen LogP contribution in [0.25, 0.3) is 10.8 Å². The Hall–Kier alpha value is -3.34. The van der Waals surface area contributed by atoms with E-state index in [4.69, 9.17) is 0 Å².